The molecule has 52 valence electrons. The first-order chi connectivity index (χ1) is 4.84. The molecule has 0 spiro atoms. The van der Waals surface area contributed by atoms with Crippen LogP contribution in [0.3, 0.4) is 0 Å². The molecule has 10 heavy (non-hydrogen) atoms. The van der Waals surface area contributed by atoms with Crippen LogP contribution in [0.1, 0.15) is 12.7 Å². The molecule has 3 nitrogen and oxygen atoms in total. The molecular formula is C7H9N3. The molecule has 1 rings (SSSR count). The van der Waals surface area contributed by atoms with Crippen molar-refractivity contribution in [3.05, 3.63) is 30.9 Å². The zero-order valence-corrected chi connectivity index (χ0v) is 5.83. The fraction of sp³-hybridized carbons (Fsp3) is 0.143. The lowest BCUT2D eigenvalue weighted by Crippen LogP contribution is -1.80. The molecule has 0 bridgehead atoms. The molecule has 0 atom stereocenters. The van der Waals surface area contributed by atoms with Gasteiger partial charge < -0.3 is 0 Å². The van der Waals surface area contributed by atoms with Gasteiger partial charge in [-0.2, -0.15) is 5.10 Å². The standard InChI is InChI=1S/C7H9N3/c1-3-4-6(2)7-8-5-9-10-7/h3-5H,2H2,1H3,(H,8,9,10)/b4-3-. The van der Waals surface area contributed by atoms with E-state index in [0.717, 1.165) is 11.4 Å². The molecule has 0 aliphatic rings. The summed E-state index contributed by atoms with van der Waals surface area (Å²) in [6.45, 7) is 5.70. The zero-order chi connectivity index (χ0) is 7.40. The van der Waals surface area contributed by atoms with Crippen LogP contribution in [0.15, 0.2) is 25.1 Å². The molecule has 0 aliphatic carbocycles. The summed E-state index contributed by atoms with van der Waals surface area (Å²) in [5.74, 6) is 0.720. The smallest absolute Gasteiger partial charge is 0.154 e. The van der Waals surface area contributed by atoms with E-state index >= 15 is 0 Å². The Hall–Kier alpha value is -1.38. The summed E-state index contributed by atoms with van der Waals surface area (Å²) >= 11 is 0. The molecule has 0 saturated heterocycles. The minimum atomic E-state index is 0.720. The first kappa shape index (κ1) is 6.74. The van der Waals surface area contributed by atoms with Crippen molar-refractivity contribution in [2.45, 2.75) is 6.92 Å². The zero-order valence-electron chi connectivity index (χ0n) is 5.83. The highest BCUT2D eigenvalue weighted by Gasteiger charge is 1.94. The highest BCUT2D eigenvalue weighted by Crippen LogP contribution is 2.04. The molecule has 0 radical (unpaired) electrons. The van der Waals surface area contributed by atoms with Crippen molar-refractivity contribution in [3.63, 3.8) is 0 Å². The Kier molecular flexibility index (Phi) is 1.99. The fourth-order valence-corrected chi connectivity index (χ4v) is 0.640. The number of aromatic amines is 1. The van der Waals surface area contributed by atoms with Crippen LogP contribution in [0.2, 0.25) is 0 Å². The van der Waals surface area contributed by atoms with Crippen molar-refractivity contribution in [2.24, 2.45) is 0 Å². The van der Waals surface area contributed by atoms with Crippen LogP contribution in [0.4, 0.5) is 0 Å². The summed E-state index contributed by atoms with van der Waals surface area (Å²) in [7, 11) is 0. The van der Waals surface area contributed by atoms with Crippen molar-refractivity contribution in [1.29, 1.82) is 0 Å². The van der Waals surface area contributed by atoms with Gasteiger partial charge >= 0.3 is 0 Å². The van der Waals surface area contributed by atoms with Gasteiger partial charge in [0.2, 0.25) is 0 Å². The summed E-state index contributed by atoms with van der Waals surface area (Å²) in [5, 5.41) is 6.40. The molecule has 0 amide bonds. The minimum Gasteiger partial charge on any atom is -0.259 e. The number of nitrogens with one attached hydrogen (secondary N) is 1. The summed E-state index contributed by atoms with van der Waals surface area (Å²) < 4.78 is 0. The van der Waals surface area contributed by atoms with Crippen LogP contribution in [0.25, 0.3) is 5.57 Å². The molecule has 1 aromatic rings. The van der Waals surface area contributed by atoms with Crippen LogP contribution >= 0.6 is 0 Å². The molecule has 1 N–H and O–H groups in total. The number of rotatable bonds is 2. The predicted molar refractivity (Wildman–Crippen MR) is 40.2 cm³/mol. The lowest BCUT2D eigenvalue weighted by molar-refractivity contribution is 1.07. The average molecular weight is 135 g/mol. The Morgan fingerprint density at radius 1 is 1.80 bits per heavy atom. The van der Waals surface area contributed by atoms with E-state index in [9.17, 15) is 0 Å². The molecule has 3 heteroatoms. The lowest BCUT2D eigenvalue weighted by atomic mass is 10.3. The van der Waals surface area contributed by atoms with Crippen molar-refractivity contribution in [1.82, 2.24) is 15.2 Å². The normalized spacial score (nSPS) is 10.5. The third kappa shape index (κ3) is 1.31. The summed E-state index contributed by atoms with van der Waals surface area (Å²) in [6, 6.07) is 0. The van der Waals surface area contributed by atoms with Crippen molar-refractivity contribution < 1.29 is 0 Å². The number of hydrogen-bond donors (Lipinski definition) is 1. The summed E-state index contributed by atoms with van der Waals surface area (Å²) in [6.07, 6.45) is 5.25. The first-order valence-corrected chi connectivity index (χ1v) is 3.02. The first-order valence-electron chi connectivity index (χ1n) is 3.02. The molecule has 0 aromatic carbocycles. The van der Waals surface area contributed by atoms with Gasteiger partial charge in [-0.3, -0.25) is 5.10 Å². The second-order valence-electron chi connectivity index (χ2n) is 1.86. The second kappa shape index (κ2) is 2.96. The minimum absolute atomic E-state index is 0.720. The quantitative estimate of drug-likeness (QED) is 0.622. The highest BCUT2D eigenvalue weighted by atomic mass is 15.2. The Morgan fingerprint density at radius 3 is 3.10 bits per heavy atom. The van der Waals surface area contributed by atoms with E-state index in [1.165, 1.54) is 6.33 Å². The van der Waals surface area contributed by atoms with E-state index in [0.29, 0.717) is 0 Å². The summed E-state index contributed by atoms with van der Waals surface area (Å²) in [4.78, 5) is 3.92. The van der Waals surface area contributed by atoms with Gasteiger partial charge in [0.25, 0.3) is 0 Å². The van der Waals surface area contributed by atoms with Crippen LogP contribution < -0.4 is 0 Å². The Morgan fingerprint density at radius 2 is 2.60 bits per heavy atom. The number of allylic oxidation sites excluding steroid dienone is 3. The number of aromatic nitrogens is 3. The van der Waals surface area contributed by atoms with Crippen LogP contribution in [-0.2, 0) is 0 Å². The highest BCUT2D eigenvalue weighted by molar-refractivity contribution is 5.66. The van der Waals surface area contributed by atoms with E-state index in [1.54, 1.807) is 0 Å². The maximum Gasteiger partial charge on any atom is 0.154 e. The van der Waals surface area contributed by atoms with E-state index in [-0.39, 0.29) is 0 Å². The predicted octanol–water partition coefficient (Wildman–Crippen LogP) is 1.39. The monoisotopic (exact) mass is 135 g/mol. The van der Waals surface area contributed by atoms with Gasteiger partial charge in [0.1, 0.15) is 6.33 Å². The molecule has 1 aromatic heterocycles. The molecular weight excluding hydrogens is 126 g/mol. The maximum absolute atomic E-state index is 3.92. The third-order valence-corrected chi connectivity index (χ3v) is 1.09. The molecule has 0 saturated carbocycles. The van der Waals surface area contributed by atoms with E-state index in [4.69, 9.17) is 0 Å². The number of hydrogen-bond acceptors (Lipinski definition) is 2. The van der Waals surface area contributed by atoms with Gasteiger partial charge in [0, 0.05) is 5.57 Å². The lowest BCUT2D eigenvalue weighted by Gasteiger charge is -1.89. The Balaban J connectivity index is 2.78. The topological polar surface area (TPSA) is 41.6 Å². The van der Waals surface area contributed by atoms with E-state index < -0.39 is 0 Å². The van der Waals surface area contributed by atoms with Crippen LogP contribution in [0.5, 0.6) is 0 Å². The molecule has 1 heterocycles. The number of nitrogens with zero attached hydrogens (tertiary/aromatic N) is 2. The number of H-pyrrole nitrogens is 1. The SMILES string of the molecule is C=C(/C=C\C)c1ncn[nH]1. The average Bonchev–Trinajstić information content (AvgIpc) is 2.38. The third-order valence-electron chi connectivity index (χ3n) is 1.09. The molecule has 0 aliphatic heterocycles. The van der Waals surface area contributed by atoms with E-state index in [2.05, 4.69) is 21.8 Å². The van der Waals surface area contributed by atoms with Gasteiger partial charge in [-0.15, -0.1) is 0 Å². The summed E-state index contributed by atoms with van der Waals surface area (Å²) in [5.41, 5.74) is 0.847. The second-order valence-corrected chi connectivity index (χ2v) is 1.86. The molecule has 0 fully saturated rings. The van der Waals surface area contributed by atoms with Crippen molar-refractivity contribution in [2.75, 3.05) is 0 Å². The Labute approximate surface area is 59.5 Å². The van der Waals surface area contributed by atoms with Crippen molar-refractivity contribution >= 4 is 5.57 Å². The van der Waals surface area contributed by atoms with Gasteiger partial charge in [-0.25, -0.2) is 4.98 Å². The fourth-order valence-electron chi connectivity index (χ4n) is 0.640. The van der Waals surface area contributed by atoms with Crippen molar-refractivity contribution in [3.8, 4) is 0 Å². The van der Waals surface area contributed by atoms with Gasteiger partial charge in [0.15, 0.2) is 5.82 Å². The largest absolute Gasteiger partial charge is 0.259 e. The molecule has 0 unspecified atom stereocenters. The van der Waals surface area contributed by atoms with Gasteiger partial charge in [0.05, 0.1) is 0 Å². The van der Waals surface area contributed by atoms with Gasteiger partial charge in [-0.1, -0.05) is 18.7 Å². The maximum atomic E-state index is 3.92. The van der Waals surface area contributed by atoms with Crippen LogP contribution in [-0.4, -0.2) is 15.2 Å². The van der Waals surface area contributed by atoms with E-state index in [1.807, 2.05) is 19.1 Å². The van der Waals surface area contributed by atoms with Crippen LogP contribution in [0, 0.1) is 0 Å². The van der Waals surface area contributed by atoms with Gasteiger partial charge in [-0.05, 0) is 6.92 Å². The Bertz CT molecular complexity index is 233.